The molecule has 4 aromatic rings. The zero-order valence-electron chi connectivity index (χ0n) is 22.3. The molecule has 5 rings (SSSR count). The van der Waals surface area contributed by atoms with Crippen molar-refractivity contribution in [2.24, 2.45) is 0 Å². The van der Waals surface area contributed by atoms with Gasteiger partial charge in [-0.3, -0.25) is 29.9 Å². The first kappa shape index (κ1) is 28.3. The van der Waals surface area contributed by atoms with Crippen LogP contribution in [0.4, 0.5) is 15.8 Å². The van der Waals surface area contributed by atoms with Crippen LogP contribution < -0.4 is 0 Å². The van der Waals surface area contributed by atoms with Crippen molar-refractivity contribution in [2.75, 3.05) is 7.11 Å². The Labute approximate surface area is 228 Å². The van der Waals surface area contributed by atoms with E-state index in [9.17, 15) is 29.4 Å². The van der Waals surface area contributed by atoms with Gasteiger partial charge < -0.3 is 4.74 Å². The molecule has 1 saturated carbocycles. The lowest BCUT2D eigenvalue weighted by Gasteiger charge is -2.10. The minimum Gasteiger partial charge on any atom is -0.465 e. The van der Waals surface area contributed by atoms with E-state index < -0.39 is 22.3 Å². The number of rotatable bonds is 6. The molecular formula is C28H28FN5O6. The summed E-state index contributed by atoms with van der Waals surface area (Å²) in [5, 5.41) is 26.9. The van der Waals surface area contributed by atoms with E-state index in [0.717, 1.165) is 36.1 Å². The maximum Gasteiger partial charge on any atom is 0.341 e. The molecule has 0 radical (unpaired) electrons. The Morgan fingerprint density at radius 1 is 1.02 bits per heavy atom. The number of halogens is 1. The van der Waals surface area contributed by atoms with Gasteiger partial charge in [-0.05, 0) is 51.0 Å². The highest BCUT2D eigenvalue weighted by atomic mass is 19.1. The Morgan fingerprint density at radius 3 is 2.35 bits per heavy atom. The lowest BCUT2D eigenvalue weighted by Crippen LogP contribution is -2.08. The molecule has 2 aromatic carbocycles. The average Bonchev–Trinajstić information content (AvgIpc) is 3.57. The smallest absolute Gasteiger partial charge is 0.341 e. The van der Waals surface area contributed by atoms with E-state index >= 15 is 0 Å². The van der Waals surface area contributed by atoms with Crippen molar-refractivity contribution in [1.82, 2.24) is 14.8 Å². The standard InChI is InChI=1S/C19H20N4O2.C9H8FNO4/c1-13-19-17(10-5-11-18(19)23(24)25)22(21-13)12-15-8-4-9-16(20-15)14-6-2-3-7-14;1-5-7(11(13)14)4-3-6(10)8(5)9(12)15-2/h4-5,8-11,14H,2-3,6-7,12H2,1H3;3-4H,1-2H3. The predicted molar refractivity (Wildman–Crippen MR) is 145 cm³/mol. The van der Waals surface area contributed by atoms with Crippen LogP contribution in [0.25, 0.3) is 10.9 Å². The predicted octanol–water partition coefficient (Wildman–Crippen LogP) is 6.18. The largest absolute Gasteiger partial charge is 0.465 e. The summed E-state index contributed by atoms with van der Waals surface area (Å²) >= 11 is 0. The highest BCUT2D eigenvalue weighted by Crippen LogP contribution is 2.33. The second-order valence-corrected chi connectivity index (χ2v) is 9.52. The van der Waals surface area contributed by atoms with E-state index in [1.54, 1.807) is 6.07 Å². The summed E-state index contributed by atoms with van der Waals surface area (Å²) in [7, 11) is 1.08. The minimum absolute atomic E-state index is 0.0353. The molecule has 0 spiro atoms. The van der Waals surface area contributed by atoms with Crippen LogP contribution in [0.1, 0.15) is 64.6 Å². The summed E-state index contributed by atoms with van der Waals surface area (Å²) in [6.45, 7) is 3.63. The highest BCUT2D eigenvalue weighted by molar-refractivity contribution is 5.92. The second kappa shape index (κ2) is 12.0. The van der Waals surface area contributed by atoms with Gasteiger partial charge in [-0.15, -0.1) is 0 Å². The summed E-state index contributed by atoms with van der Waals surface area (Å²) in [6, 6.07) is 13.2. The lowest BCUT2D eigenvalue weighted by atomic mass is 10.0. The van der Waals surface area contributed by atoms with Gasteiger partial charge in [0, 0.05) is 29.3 Å². The molecular weight excluding hydrogens is 521 g/mol. The molecule has 40 heavy (non-hydrogen) atoms. The highest BCUT2D eigenvalue weighted by Gasteiger charge is 2.23. The number of hydrogen-bond donors (Lipinski definition) is 0. The van der Waals surface area contributed by atoms with Gasteiger partial charge >= 0.3 is 5.97 Å². The number of hydrogen-bond acceptors (Lipinski definition) is 8. The first-order chi connectivity index (χ1) is 19.1. The number of carbonyl (C=O) groups is 1. The first-order valence-corrected chi connectivity index (χ1v) is 12.7. The molecule has 0 N–H and O–H groups in total. The van der Waals surface area contributed by atoms with Crippen molar-refractivity contribution < 1.29 is 23.8 Å². The van der Waals surface area contributed by atoms with Crippen LogP contribution in [0.15, 0.2) is 48.5 Å². The molecule has 1 aliphatic rings. The van der Waals surface area contributed by atoms with Crippen molar-refractivity contribution in [1.29, 1.82) is 0 Å². The molecule has 0 aliphatic heterocycles. The van der Waals surface area contributed by atoms with Gasteiger partial charge in [-0.25, -0.2) is 9.18 Å². The summed E-state index contributed by atoms with van der Waals surface area (Å²) < 4.78 is 19.4. The first-order valence-electron chi connectivity index (χ1n) is 12.7. The molecule has 0 atom stereocenters. The van der Waals surface area contributed by atoms with Crippen molar-refractivity contribution in [3.05, 3.63) is 103 Å². The zero-order chi connectivity index (χ0) is 29.0. The van der Waals surface area contributed by atoms with E-state index in [0.29, 0.717) is 23.5 Å². The van der Waals surface area contributed by atoms with Gasteiger partial charge in [0.1, 0.15) is 16.8 Å². The fourth-order valence-corrected chi connectivity index (χ4v) is 5.08. The number of aromatic nitrogens is 3. The number of esters is 1. The van der Waals surface area contributed by atoms with Gasteiger partial charge in [0.15, 0.2) is 0 Å². The maximum absolute atomic E-state index is 13.2. The zero-order valence-corrected chi connectivity index (χ0v) is 22.3. The van der Waals surface area contributed by atoms with Gasteiger partial charge in [0.2, 0.25) is 0 Å². The fourth-order valence-electron chi connectivity index (χ4n) is 5.08. The summed E-state index contributed by atoms with van der Waals surface area (Å²) in [6.07, 6.45) is 4.99. The normalized spacial score (nSPS) is 13.1. The van der Waals surface area contributed by atoms with Crippen LogP contribution in [0, 0.1) is 39.9 Å². The molecule has 2 aromatic heterocycles. The Bertz CT molecular complexity index is 1600. The molecule has 1 fully saturated rings. The Hall–Kier alpha value is -4.74. The van der Waals surface area contributed by atoms with E-state index in [1.807, 2.05) is 23.7 Å². The van der Waals surface area contributed by atoms with Gasteiger partial charge in [-0.1, -0.05) is 25.0 Å². The van der Waals surface area contributed by atoms with Gasteiger partial charge in [0.05, 0.1) is 40.4 Å². The van der Waals surface area contributed by atoms with E-state index in [2.05, 4.69) is 22.0 Å². The number of fused-ring (bicyclic) bond motifs is 1. The van der Waals surface area contributed by atoms with E-state index in [-0.39, 0.29) is 21.9 Å². The number of pyridine rings is 1. The third-order valence-electron chi connectivity index (χ3n) is 7.01. The van der Waals surface area contributed by atoms with Crippen LogP contribution in [-0.2, 0) is 11.3 Å². The molecule has 208 valence electrons. The number of nitrogens with zero attached hydrogens (tertiary/aromatic N) is 5. The van der Waals surface area contributed by atoms with Crippen molar-refractivity contribution in [2.45, 2.75) is 52.0 Å². The lowest BCUT2D eigenvalue weighted by molar-refractivity contribution is -0.385. The summed E-state index contributed by atoms with van der Waals surface area (Å²) in [4.78, 5) is 36.8. The number of carbonyl (C=O) groups excluding carboxylic acids is 1. The Balaban J connectivity index is 0.000000212. The molecule has 12 heteroatoms. The molecule has 2 heterocycles. The second-order valence-electron chi connectivity index (χ2n) is 9.52. The number of ether oxygens (including phenoxy) is 1. The summed E-state index contributed by atoms with van der Waals surface area (Å²) in [5.41, 5.74) is 2.92. The number of non-ortho nitro benzene ring substituents is 1. The van der Waals surface area contributed by atoms with Gasteiger partial charge in [-0.2, -0.15) is 5.10 Å². The average molecular weight is 550 g/mol. The van der Waals surface area contributed by atoms with Crippen LogP contribution in [0.3, 0.4) is 0 Å². The number of aryl methyl sites for hydroxylation is 1. The van der Waals surface area contributed by atoms with Crippen molar-refractivity contribution in [3.8, 4) is 0 Å². The molecule has 0 unspecified atom stereocenters. The van der Waals surface area contributed by atoms with Crippen LogP contribution in [0.5, 0.6) is 0 Å². The van der Waals surface area contributed by atoms with E-state index in [4.69, 9.17) is 4.98 Å². The number of benzene rings is 2. The molecule has 11 nitrogen and oxygen atoms in total. The number of methoxy groups -OCH3 is 1. The third kappa shape index (κ3) is 5.80. The number of nitro benzene ring substituents is 2. The van der Waals surface area contributed by atoms with Crippen LogP contribution in [0.2, 0.25) is 0 Å². The van der Waals surface area contributed by atoms with Crippen LogP contribution in [-0.4, -0.2) is 37.7 Å². The van der Waals surface area contributed by atoms with E-state index in [1.165, 1.54) is 38.7 Å². The number of nitro groups is 2. The van der Waals surface area contributed by atoms with Crippen molar-refractivity contribution in [3.63, 3.8) is 0 Å². The summed E-state index contributed by atoms with van der Waals surface area (Å²) in [5.74, 6) is -1.18. The molecule has 1 aliphatic carbocycles. The Morgan fingerprint density at radius 2 is 1.70 bits per heavy atom. The maximum atomic E-state index is 13.2. The molecule has 0 saturated heterocycles. The third-order valence-corrected chi connectivity index (χ3v) is 7.01. The molecule has 0 amide bonds. The Kier molecular flexibility index (Phi) is 8.46. The SMILES string of the molecule is COC(=O)c1c(F)ccc([N+](=O)[O-])c1C.Cc1nn(Cc2cccc(C3CCCC3)n2)c2cccc([N+](=O)[O-])c12. The topological polar surface area (TPSA) is 143 Å². The van der Waals surface area contributed by atoms with Gasteiger partial charge in [0.25, 0.3) is 11.4 Å². The quantitative estimate of drug-likeness (QED) is 0.157. The fraction of sp³-hybridized carbons (Fsp3) is 0.321. The van der Waals surface area contributed by atoms with Crippen molar-refractivity contribution >= 4 is 28.2 Å². The van der Waals surface area contributed by atoms with Crippen LogP contribution >= 0.6 is 0 Å². The molecule has 0 bridgehead atoms. The minimum atomic E-state index is -0.923. The monoisotopic (exact) mass is 549 g/mol.